The molecule has 1 saturated carbocycles. The van der Waals surface area contributed by atoms with Gasteiger partial charge in [0.2, 0.25) is 5.91 Å². The number of carbonyl (C=O) groups is 1. The summed E-state index contributed by atoms with van der Waals surface area (Å²) >= 11 is 5.95. The van der Waals surface area contributed by atoms with E-state index in [0.717, 1.165) is 50.6 Å². The van der Waals surface area contributed by atoms with Crippen LogP contribution in [0.4, 0.5) is 0 Å². The fourth-order valence-corrected chi connectivity index (χ4v) is 3.89. The van der Waals surface area contributed by atoms with Crippen LogP contribution in [0.15, 0.2) is 54.6 Å². The van der Waals surface area contributed by atoms with Gasteiger partial charge in [0.25, 0.3) is 0 Å². The average molecular weight is 355 g/mol. The van der Waals surface area contributed by atoms with Gasteiger partial charge in [-0.15, -0.1) is 0 Å². The first-order valence-electron chi connectivity index (χ1n) is 8.99. The number of hydrogen-bond donors (Lipinski definition) is 0. The van der Waals surface area contributed by atoms with Crippen LogP contribution < -0.4 is 0 Å². The Kier molecular flexibility index (Phi) is 4.53. The molecule has 0 N–H and O–H groups in total. The molecule has 1 aliphatic heterocycles. The second-order valence-corrected chi connectivity index (χ2v) is 7.58. The Bertz CT molecular complexity index is 732. The van der Waals surface area contributed by atoms with E-state index in [-0.39, 0.29) is 5.41 Å². The highest BCUT2D eigenvalue weighted by atomic mass is 35.5. The van der Waals surface area contributed by atoms with Crippen LogP contribution in [0.2, 0.25) is 5.02 Å². The Morgan fingerprint density at radius 1 is 0.920 bits per heavy atom. The van der Waals surface area contributed by atoms with E-state index in [1.165, 1.54) is 11.1 Å². The molecule has 3 nitrogen and oxygen atoms in total. The zero-order chi connectivity index (χ0) is 17.3. The summed E-state index contributed by atoms with van der Waals surface area (Å²) in [5, 5.41) is 0.773. The van der Waals surface area contributed by atoms with Crippen molar-refractivity contribution < 1.29 is 4.79 Å². The zero-order valence-corrected chi connectivity index (χ0v) is 15.1. The van der Waals surface area contributed by atoms with Crippen LogP contribution in [0, 0.1) is 0 Å². The third kappa shape index (κ3) is 3.44. The van der Waals surface area contributed by atoms with Gasteiger partial charge in [-0.2, -0.15) is 0 Å². The quantitative estimate of drug-likeness (QED) is 0.835. The molecule has 2 aliphatic rings. The maximum absolute atomic E-state index is 13.1. The van der Waals surface area contributed by atoms with Crippen molar-refractivity contribution in [3.05, 3.63) is 70.7 Å². The number of halogens is 1. The average Bonchev–Trinajstić information content (AvgIpc) is 3.46. The maximum Gasteiger partial charge on any atom is 0.233 e. The second kappa shape index (κ2) is 6.81. The molecule has 4 rings (SSSR count). The van der Waals surface area contributed by atoms with E-state index in [0.29, 0.717) is 5.91 Å². The summed E-state index contributed by atoms with van der Waals surface area (Å²) in [7, 11) is 0. The van der Waals surface area contributed by atoms with Gasteiger partial charge in [0.1, 0.15) is 0 Å². The molecule has 2 aromatic carbocycles. The van der Waals surface area contributed by atoms with Crippen molar-refractivity contribution >= 4 is 17.5 Å². The van der Waals surface area contributed by atoms with Crippen LogP contribution in [0.1, 0.15) is 24.0 Å². The summed E-state index contributed by atoms with van der Waals surface area (Å²) in [5.74, 6) is 0.324. The minimum absolute atomic E-state index is 0.236. The maximum atomic E-state index is 13.1. The number of hydrogen-bond acceptors (Lipinski definition) is 2. The molecule has 0 atom stereocenters. The molecule has 25 heavy (non-hydrogen) atoms. The van der Waals surface area contributed by atoms with Crippen molar-refractivity contribution in [2.24, 2.45) is 0 Å². The van der Waals surface area contributed by atoms with Crippen LogP contribution in [-0.4, -0.2) is 41.9 Å². The molecule has 1 amide bonds. The monoisotopic (exact) mass is 354 g/mol. The van der Waals surface area contributed by atoms with Crippen molar-refractivity contribution in [3.8, 4) is 0 Å². The standard InChI is InChI=1S/C21H23ClN2O/c22-19-8-6-17(7-9-19)16-23-12-14-24(15-13-23)20(25)21(10-11-21)18-4-2-1-3-5-18/h1-9H,10-16H2. The van der Waals surface area contributed by atoms with Crippen LogP contribution in [0.3, 0.4) is 0 Å². The Balaban J connectivity index is 1.36. The van der Waals surface area contributed by atoms with Gasteiger partial charge in [0.15, 0.2) is 0 Å². The molecule has 4 heteroatoms. The van der Waals surface area contributed by atoms with Crippen molar-refractivity contribution in [3.63, 3.8) is 0 Å². The lowest BCUT2D eigenvalue weighted by molar-refractivity contribution is -0.135. The minimum Gasteiger partial charge on any atom is -0.339 e. The van der Waals surface area contributed by atoms with Crippen molar-refractivity contribution in [2.75, 3.05) is 26.2 Å². The zero-order valence-electron chi connectivity index (χ0n) is 14.3. The predicted octanol–water partition coefficient (Wildman–Crippen LogP) is 3.72. The lowest BCUT2D eigenvalue weighted by Gasteiger charge is -2.36. The fraction of sp³-hybridized carbons (Fsp3) is 0.381. The van der Waals surface area contributed by atoms with E-state index in [9.17, 15) is 4.79 Å². The van der Waals surface area contributed by atoms with Crippen LogP contribution in [0.5, 0.6) is 0 Å². The van der Waals surface area contributed by atoms with E-state index in [4.69, 9.17) is 11.6 Å². The van der Waals surface area contributed by atoms with Crippen molar-refractivity contribution in [1.82, 2.24) is 9.80 Å². The normalized spacial score (nSPS) is 19.6. The second-order valence-electron chi connectivity index (χ2n) is 7.14. The third-order valence-electron chi connectivity index (χ3n) is 5.46. The number of nitrogens with zero attached hydrogens (tertiary/aromatic N) is 2. The minimum atomic E-state index is -0.236. The lowest BCUT2D eigenvalue weighted by atomic mass is 9.94. The summed E-state index contributed by atoms with van der Waals surface area (Å²) in [6.07, 6.45) is 1.97. The number of rotatable bonds is 4. The lowest BCUT2D eigenvalue weighted by Crippen LogP contribution is -2.51. The molecular weight excluding hydrogens is 332 g/mol. The van der Waals surface area contributed by atoms with E-state index >= 15 is 0 Å². The molecule has 130 valence electrons. The smallest absolute Gasteiger partial charge is 0.233 e. The Morgan fingerprint density at radius 3 is 2.16 bits per heavy atom. The van der Waals surface area contributed by atoms with Gasteiger partial charge in [-0.05, 0) is 36.1 Å². The van der Waals surface area contributed by atoms with Crippen LogP contribution in [-0.2, 0) is 16.8 Å². The highest BCUT2D eigenvalue weighted by Gasteiger charge is 2.53. The summed E-state index contributed by atoms with van der Waals surface area (Å²) in [6.45, 7) is 4.42. The van der Waals surface area contributed by atoms with Gasteiger partial charge in [0, 0.05) is 37.7 Å². The predicted molar refractivity (Wildman–Crippen MR) is 101 cm³/mol. The van der Waals surface area contributed by atoms with Crippen LogP contribution >= 0.6 is 11.6 Å². The summed E-state index contributed by atoms with van der Waals surface area (Å²) in [6, 6.07) is 18.3. The van der Waals surface area contributed by atoms with Crippen molar-refractivity contribution in [1.29, 1.82) is 0 Å². The van der Waals surface area contributed by atoms with Crippen molar-refractivity contribution in [2.45, 2.75) is 24.8 Å². The fourth-order valence-electron chi connectivity index (χ4n) is 3.77. The van der Waals surface area contributed by atoms with E-state index in [1.54, 1.807) is 0 Å². The molecule has 2 fully saturated rings. The molecule has 1 heterocycles. The molecule has 1 saturated heterocycles. The highest BCUT2D eigenvalue weighted by Crippen LogP contribution is 2.49. The molecule has 0 aromatic heterocycles. The van der Waals surface area contributed by atoms with Gasteiger partial charge in [-0.25, -0.2) is 0 Å². The topological polar surface area (TPSA) is 23.6 Å². The summed E-state index contributed by atoms with van der Waals surface area (Å²) in [5.41, 5.74) is 2.22. The molecule has 2 aromatic rings. The molecule has 1 aliphatic carbocycles. The van der Waals surface area contributed by atoms with E-state index in [2.05, 4.69) is 34.1 Å². The number of piperazine rings is 1. The first kappa shape index (κ1) is 16.6. The van der Waals surface area contributed by atoms with Gasteiger partial charge >= 0.3 is 0 Å². The van der Waals surface area contributed by atoms with Gasteiger partial charge in [-0.1, -0.05) is 54.1 Å². The molecular formula is C21H23ClN2O. The third-order valence-corrected chi connectivity index (χ3v) is 5.72. The van der Waals surface area contributed by atoms with Gasteiger partial charge < -0.3 is 4.90 Å². The Labute approximate surface area is 154 Å². The summed E-state index contributed by atoms with van der Waals surface area (Å²) in [4.78, 5) is 17.6. The number of amides is 1. The Hall–Kier alpha value is -1.84. The highest BCUT2D eigenvalue weighted by molar-refractivity contribution is 6.30. The van der Waals surface area contributed by atoms with Gasteiger partial charge in [0.05, 0.1) is 5.41 Å². The summed E-state index contributed by atoms with van der Waals surface area (Å²) < 4.78 is 0. The molecule has 0 bridgehead atoms. The largest absolute Gasteiger partial charge is 0.339 e. The first-order valence-corrected chi connectivity index (χ1v) is 9.37. The SMILES string of the molecule is O=C(N1CCN(Cc2ccc(Cl)cc2)CC1)C1(c2ccccc2)CC1. The number of benzene rings is 2. The van der Waals surface area contributed by atoms with E-state index < -0.39 is 0 Å². The van der Waals surface area contributed by atoms with Crippen LogP contribution in [0.25, 0.3) is 0 Å². The first-order chi connectivity index (χ1) is 12.2. The van der Waals surface area contributed by atoms with Gasteiger partial charge in [-0.3, -0.25) is 9.69 Å². The molecule has 0 spiro atoms. The molecule has 0 unspecified atom stereocenters. The molecule has 0 radical (unpaired) electrons. The Morgan fingerprint density at radius 2 is 1.56 bits per heavy atom. The van der Waals surface area contributed by atoms with E-state index in [1.807, 2.05) is 30.3 Å². The number of carbonyl (C=O) groups excluding carboxylic acids is 1.